The predicted molar refractivity (Wildman–Crippen MR) is 76.7 cm³/mol. The Labute approximate surface area is 117 Å². The van der Waals surface area contributed by atoms with E-state index in [9.17, 15) is 0 Å². The van der Waals surface area contributed by atoms with Crippen LogP contribution in [-0.4, -0.2) is 13.7 Å². The summed E-state index contributed by atoms with van der Waals surface area (Å²) in [5, 5.41) is 6.69. The van der Waals surface area contributed by atoms with Crippen LogP contribution in [0.3, 0.4) is 0 Å². The molecule has 0 saturated heterocycles. The van der Waals surface area contributed by atoms with Gasteiger partial charge in [0, 0.05) is 24.1 Å². The Morgan fingerprint density at radius 1 is 1.30 bits per heavy atom. The van der Waals surface area contributed by atoms with Crippen LogP contribution in [0.5, 0.6) is 5.75 Å². The lowest BCUT2D eigenvalue weighted by Crippen LogP contribution is -1.98. The summed E-state index contributed by atoms with van der Waals surface area (Å²) in [6, 6.07) is 9.75. The van der Waals surface area contributed by atoms with Crippen LogP contribution in [0.2, 0.25) is 0 Å². The Bertz CT molecular complexity index is 585. The van der Waals surface area contributed by atoms with Gasteiger partial charge in [0.1, 0.15) is 5.75 Å². The van der Waals surface area contributed by atoms with Crippen LogP contribution in [0.25, 0.3) is 10.4 Å². The summed E-state index contributed by atoms with van der Waals surface area (Å²) in [7, 11) is 1.65. The van der Waals surface area contributed by atoms with Gasteiger partial charge in [-0.05, 0) is 35.2 Å². The van der Waals surface area contributed by atoms with Gasteiger partial charge in [-0.2, -0.15) is 0 Å². The fourth-order valence-electron chi connectivity index (χ4n) is 1.76. The zero-order chi connectivity index (χ0) is 14.2. The summed E-state index contributed by atoms with van der Waals surface area (Å²) >= 11 is 0. The number of ether oxygens (including phenoxy) is 1. The van der Waals surface area contributed by atoms with E-state index in [2.05, 4.69) is 15.3 Å². The summed E-state index contributed by atoms with van der Waals surface area (Å²) in [6.45, 7) is 1.11. The maximum atomic E-state index is 8.21. The topological polar surface area (TPSA) is 83.2 Å². The molecule has 0 radical (unpaired) electrons. The highest BCUT2D eigenvalue weighted by atomic mass is 16.5. The molecule has 2 rings (SSSR count). The van der Waals surface area contributed by atoms with E-state index >= 15 is 0 Å². The summed E-state index contributed by atoms with van der Waals surface area (Å²) in [5.74, 6) is 1.55. The third kappa shape index (κ3) is 3.96. The van der Waals surface area contributed by atoms with Gasteiger partial charge in [0.2, 0.25) is 0 Å². The maximum absolute atomic E-state index is 8.21. The van der Waals surface area contributed by atoms with Crippen LogP contribution >= 0.6 is 0 Å². The number of furan rings is 1. The van der Waals surface area contributed by atoms with Crippen LogP contribution in [0.15, 0.2) is 46.1 Å². The normalized spacial score (nSPS) is 9.85. The molecule has 0 aliphatic carbocycles. The first kappa shape index (κ1) is 13.8. The summed E-state index contributed by atoms with van der Waals surface area (Å²) < 4.78 is 10.5. The van der Waals surface area contributed by atoms with Crippen LogP contribution in [0.1, 0.15) is 11.1 Å². The van der Waals surface area contributed by atoms with Crippen molar-refractivity contribution >= 4 is 5.88 Å². The summed E-state index contributed by atoms with van der Waals surface area (Å²) in [6.07, 6.45) is 2.35. The second kappa shape index (κ2) is 7.11. The maximum Gasteiger partial charge on any atom is 0.193 e. The third-order valence-electron chi connectivity index (χ3n) is 2.84. The van der Waals surface area contributed by atoms with Crippen LogP contribution in [-0.2, 0) is 13.0 Å². The second-order valence-electron chi connectivity index (χ2n) is 4.23. The SMILES string of the molecule is COc1ccc(CNc2cc(CCN=[N+]=[N-])co2)cc1. The van der Waals surface area contributed by atoms with Crippen LogP contribution in [0, 0.1) is 0 Å². The molecule has 0 fully saturated rings. The van der Waals surface area contributed by atoms with E-state index in [1.807, 2.05) is 30.3 Å². The van der Waals surface area contributed by atoms with Gasteiger partial charge in [-0.25, -0.2) is 0 Å². The second-order valence-corrected chi connectivity index (χ2v) is 4.23. The van der Waals surface area contributed by atoms with Gasteiger partial charge < -0.3 is 14.5 Å². The van der Waals surface area contributed by atoms with E-state index in [0.29, 0.717) is 25.4 Å². The van der Waals surface area contributed by atoms with Crippen molar-refractivity contribution in [3.05, 3.63) is 58.2 Å². The number of hydrogen-bond acceptors (Lipinski definition) is 4. The van der Waals surface area contributed by atoms with Gasteiger partial charge >= 0.3 is 0 Å². The first-order valence-electron chi connectivity index (χ1n) is 6.27. The van der Waals surface area contributed by atoms with Crippen LogP contribution < -0.4 is 10.1 Å². The van der Waals surface area contributed by atoms with Crippen molar-refractivity contribution in [3.8, 4) is 5.75 Å². The number of nitrogens with one attached hydrogen (secondary N) is 1. The van der Waals surface area contributed by atoms with E-state index in [1.54, 1.807) is 13.4 Å². The first-order valence-corrected chi connectivity index (χ1v) is 6.27. The number of anilines is 1. The summed E-state index contributed by atoms with van der Waals surface area (Å²) in [5.41, 5.74) is 10.4. The highest BCUT2D eigenvalue weighted by Crippen LogP contribution is 2.16. The zero-order valence-corrected chi connectivity index (χ0v) is 11.2. The van der Waals surface area contributed by atoms with Gasteiger partial charge in [0.15, 0.2) is 5.88 Å². The highest BCUT2D eigenvalue weighted by molar-refractivity contribution is 5.37. The van der Waals surface area contributed by atoms with Crippen molar-refractivity contribution in [1.82, 2.24) is 0 Å². The van der Waals surface area contributed by atoms with E-state index in [0.717, 1.165) is 16.9 Å². The van der Waals surface area contributed by atoms with E-state index in [4.69, 9.17) is 14.7 Å². The molecule has 6 nitrogen and oxygen atoms in total. The molecule has 1 heterocycles. The molecule has 0 aliphatic heterocycles. The van der Waals surface area contributed by atoms with Crippen molar-refractivity contribution in [2.24, 2.45) is 5.11 Å². The molecule has 6 heteroatoms. The molecule has 0 amide bonds. The third-order valence-corrected chi connectivity index (χ3v) is 2.84. The lowest BCUT2D eigenvalue weighted by Gasteiger charge is -2.04. The molecule has 0 aliphatic rings. The molecule has 0 bridgehead atoms. The molecular formula is C14H16N4O2. The number of hydrogen-bond donors (Lipinski definition) is 1. The molecule has 1 N–H and O–H groups in total. The molecule has 0 spiro atoms. The number of benzene rings is 1. The Morgan fingerprint density at radius 3 is 2.80 bits per heavy atom. The average Bonchev–Trinajstić information content (AvgIpc) is 2.94. The van der Waals surface area contributed by atoms with Crippen molar-refractivity contribution in [2.75, 3.05) is 19.0 Å². The number of azide groups is 1. The zero-order valence-electron chi connectivity index (χ0n) is 11.2. The summed E-state index contributed by atoms with van der Waals surface area (Å²) in [4.78, 5) is 2.72. The number of methoxy groups -OCH3 is 1. The highest BCUT2D eigenvalue weighted by Gasteiger charge is 2.01. The molecule has 1 aromatic carbocycles. The van der Waals surface area contributed by atoms with Crippen molar-refractivity contribution in [1.29, 1.82) is 0 Å². The van der Waals surface area contributed by atoms with E-state index in [-0.39, 0.29) is 0 Å². The number of nitrogens with zero attached hydrogens (tertiary/aromatic N) is 3. The lowest BCUT2D eigenvalue weighted by atomic mass is 10.2. The van der Waals surface area contributed by atoms with Gasteiger partial charge in [0.25, 0.3) is 0 Å². The molecule has 2 aromatic rings. The molecular weight excluding hydrogens is 256 g/mol. The van der Waals surface area contributed by atoms with Crippen LogP contribution in [0.4, 0.5) is 5.88 Å². The van der Waals surface area contributed by atoms with Gasteiger partial charge in [0.05, 0.1) is 13.4 Å². The largest absolute Gasteiger partial charge is 0.497 e. The Morgan fingerprint density at radius 2 is 2.10 bits per heavy atom. The average molecular weight is 272 g/mol. The first-order chi connectivity index (χ1) is 9.81. The molecule has 0 unspecified atom stereocenters. The van der Waals surface area contributed by atoms with Crippen molar-refractivity contribution in [3.63, 3.8) is 0 Å². The Hall–Kier alpha value is -2.59. The van der Waals surface area contributed by atoms with Gasteiger partial charge in [-0.3, -0.25) is 0 Å². The van der Waals surface area contributed by atoms with E-state index < -0.39 is 0 Å². The fraction of sp³-hybridized carbons (Fsp3) is 0.286. The molecule has 104 valence electrons. The monoisotopic (exact) mass is 272 g/mol. The fourth-order valence-corrected chi connectivity index (χ4v) is 1.76. The lowest BCUT2D eigenvalue weighted by molar-refractivity contribution is 0.414. The molecule has 0 atom stereocenters. The molecule has 0 saturated carbocycles. The quantitative estimate of drug-likeness (QED) is 0.473. The standard InChI is InChI=1S/C14H16N4O2/c1-19-13-4-2-11(3-5-13)9-16-14-8-12(10-20-14)6-7-17-18-15/h2-5,8,10,16H,6-7,9H2,1H3. The van der Waals surface area contributed by atoms with Crippen molar-refractivity contribution < 1.29 is 9.15 Å². The minimum absolute atomic E-state index is 0.438. The number of rotatable bonds is 7. The minimum Gasteiger partial charge on any atom is -0.497 e. The minimum atomic E-state index is 0.438. The molecule has 1 aromatic heterocycles. The van der Waals surface area contributed by atoms with E-state index in [1.165, 1.54) is 0 Å². The predicted octanol–water partition coefficient (Wildman–Crippen LogP) is 3.75. The van der Waals surface area contributed by atoms with Gasteiger partial charge in [-0.1, -0.05) is 17.2 Å². The molecule has 20 heavy (non-hydrogen) atoms. The van der Waals surface area contributed by atoms with Crippen molar-refractivity contribution in [2.45, 2.75) is 13.0 Å². The van der Waals surface area contributed by atoms with Gasteiger partial charge in [-0.15, -0.1) is 0 Å². The smallest absolute Gasteiger partial charge is 0.193 e. The Balaban J connectivity index is 1.85. The Kier molecular flexibility index (Phi) is 4.92.